The largest absolute Gasteiger partial charge is 0.347 e. The summed E-state index contributed by atoms with van der Waals surface area (Å²) in [5.74, 6) is 0.0966. The number of carbonyl (C=O) groups excluding carboxylic acids is 2. The van der Waals surface area contributed by atoms with E-state index in [2.05, 4.69) is 15.6 Å². The number of rotatable bonds is 9. The maximum Gasteiger partial charge on any atom is 0.243 e. The summed E-state index contributed by atoms with van der Waals surface area (Å²) in [5, 5.41) is 5.45. The van der Waals surface area contributed by atoms with E-state index < -0.39 is 10.0 Å². The average molecular weight is 472 g/mol. The maximum absolute atomic E-state index is 12.4. The van der Waals surface area contributed by atoms with Crippen molar-refractivity contribution in [2.24, 2.45) is 7.05 Å². The molecule has 0 radical (unpaired) electrons. The van der Waals surface area contributed by atoms with E-state index in [0.717, 1.165) is 27.5 Å². The molecule has 2 N–H and O–H groups in total. The van der Waals surface area contributed by atoms with Gasteiger partial charge in [-0.1, -0.05) is 25.1 Å². The van der Waals surface area contributed by atoms with Gasteiger partial charge in [0.25, 0.3) is 0 Å². The van der Waals surface area contributed by atoms with Gasteiger partial charge in [0.2, 0.25) is 21.8 Å². The predicted octanol–water partition coefficient (Wildman–Crippen LogP) is 2.07. The SMILES string of the molecule is CCc1ccccc1NC(=O)CNC(=O)CCc1nc2cc(S(=O)(=O)N(C)C)ccc2n1C. The lowest BCUT2D eigenvalue weighted by molar-refractivity contribution is -0.124. The molecule has 0 aliphatic carbocycles. The Bertz CT molecular complexity index is 1280. The fraction of sp³-hybridized carbons (Fsp3) is 0.348. The van der Waals surface area contributed by atoms with Crippen molar-refractivity contribution in [3.63, 3.8) is 0 Å². The normalized spacial score (nSPS) is 11.7. The van der Waals surface area contributed by atoms with Crippen LogP contribution in [0.4, 0.5) is 5.69 Å². The van der Waals surface area contributed by atoms with Gasteiger partial charge in [-0.3, -0.25) is 9.59 Å². The summed E-state index contributed by atoms with van der Waals surface area (Å²) in [6, 6.07) is 12.3. The molecule has 3 rings (SSSR count). The first kappa shape index (κ1) is 24.4. The number of hydrogen-bond acceptors (Lipinski definition) is 5. The van der Waals surface area contributed by atoms with Crippen LogP contribution in [-0.4, -0.2) is 54.7 Å². The van der Waals surface area contributed by atoms with E-state index in [1.807, 2.05) is 42.8 Å². The number of aromatic nitrogens is 2. The molecule has 0 spiro atoms. The van der Waals surface area contributed by atoms with Crippen LogP contribution in [0.25, 0.3) is 11.0 Å². The summed E-state index contributed by atoms with van der Waals surface area (Å²) >= 11 is 0. The number of carbonyl (C=O) groups is 2. The fourth-order valence-electron chi connectivity index (χ4n) is 3.46. The van der Waals surface area contributed by atoms with Crippen LogP contribution in [0.1, 0.15) is 24.7 Å². The summed E-state index contributed by atoms with van der Waals surface area (Å²) < 4.78 is 27.7. The zero-order valence-corrected chi connectivity index (χ0v) is 20.1. The van der Waals surface area contributed by atoms with Crippen molar-refractivity contribution in [2.45, 2.75) is 31.1 Å². The first-order chi connectivity index (χ1) is 15.6. The molecule has 3 aromatic rings. The first-order valence-electron chi connectivity index (χ1n) is 10.7. The van der Waals surface area contributed by atoms with Crippen molar-refractivity contribution < 1.29 is 18.0 Å². The van der Waals surface area contributed by atoms with Gasteiger partial charge in [0.15, 0.2) is 0 Å². The third-order valence-corrected chi connectivity index (χ3v) is 7.23. The third-order valence-electron chi connectivity index (χ3n) is 5.42. The number of aryl methyl sites for hydroxylation is 3. The molecule has 33 heavy (non-hydrogen) atoms. The summed E-state index contributed by atoms with van der Waals surface area (Å²) in [6.07, 6.45) is 1.30. The molecule has 9 nitrogen and oxygen atoms in total. The van der Waals surface area contributed by atoms with E-state index in [9.17, 15) is 18.0 Å². The topological polar surface area (TPSA) is 113 Å². The van der Waals surface area contributed by atoms with E-state index in [4.69, 9.17) is 0 Å². The van der Waals surface area contributed by atoms with Gasteiger partial charge >= 0.3 is 0 Å². The zero-order chi connectivity index (χ0) is 24.2. The molecular formula is C23H29N5O4S. The Kier molecular flexibility index (Phi) is 7.50. The van der Waals surface area contributed by atoms with E-state index in [1.165, 1.54) is 20.2 Å². The number of sulfonamides is 1. The first-order valence-corrected chi connectivity index (χ1v) is 12.1. The highest BCUT2D eigenvalue weighted by Gasteiger charge is 2.19. The van der Waals surface area contributed by atoms with Gasteiger partial charge in [0, 0.05) is 39.7 Å². The number of nitrogens with zero attached hydrogens (tertiary/aromatic N) is 3. The standard InChI is InChI=1S/C23H29N5O4S/c1-5-16-8-6-7-9-18(16)26-23(30)15-24-22(29)13-12-21-25-19-14-17(33(31,32)27(2)3)10-11-20(19)28(21)4/h6-11,14H,5,12-13,15H2,1-4H3,(H,24,29)(H,26,30). The molecule has 0 bridgehead atoms. The van der Waals surface area contributed by atoms with Crippen molar-refractivity contribution in [1.29, 1.82) is 0 Å². The van der Waals surface area contributed by atoms with Gasteiger partial charge in [-0.15, -0.1) is 0 Å². The Morgan fingerprint density at radius 2 is 1.82 bits per heavy atom. The molecule has 10 heteroatoms. The van der Waals surface area contributed by atoms with Crippen molar-refractivity contribution in [3.8, 4) is 0 Å². The predicted molar refractivity (Wildman–Crippen MR) is 127 cm³/mol. The van der Waals surface area contributed by atoms with E-state index in [-0.39, 0.29) is 29.7 Å². The minimum absolute atomic E-state index is 0.120. The molecule has 2 aromatic carbocycles. The van der Waals surface area contributed by atoms with Crippen molar-refractivity contribution in [2.75, 3.05) is 26.0 Å². The lowest BCUT2D eigenvalue weighted by atomic mass is 10.1. The molecule has 0 unspecified atom stereocenters. The zero-order valence-electron chi connectivity index (χ0n) is 19.3. The van der Waals surface area contributed by atoms with Gasteiger partial charge < -0.3 is 15.2 Å². The third kappa shape index (κ3) is 5.58. The van der Waals surface area contributed by atoms with Crippen LogP contribution in [0.5, 0.6) is 0 Å². The Labute approximate surface area is 193 Å². The second-order valence-corrected chi connectivity index (χ2v) is 10.0. The lowest BCUT2D eigenvalue weighted by Gasteiger charge is -2.11. The van der Waals surface area contributed by atoms with Gasteiger partial charge in [-0.25, -0.2) is 17.7 Å². The van der Waals surface area contributed by atoms with Crippen molar-refractivity contribution in [3.05, 3.63) is 53.9 Å². The second kappa shape index (κ2) is 10.1. The van der Waals surface area contributed by atoms with E-state index in [0.29, 0.717) is 17.8 Å². The average Bonchev–Trinajstić information content (AvgIpc) is 3.11. The molecule has 176 valence electrons. The highest BCUT2D eigenvalue weighted by atomic mass is 32.2. The lowest BCUT2D eigenvalue weighted by Crippen LogP contribution is -2.33. The molecule has 0 fully saturated rings. The quantitative estimate of drug-likeness (QED) is 0.496. The number of nitrogens with one attached hydrogen (secondary N) is 2. The van der Waals surface area contributed by atoms with Crippen LogP contribution in [0.2, 0.25) is 0 Å². The van der Waals surface area contributed by atoms with E-state index in [1.54, 1.807) is 12.1 Å². The Hall–Kier alpha value is -3.24. The molecule has 0 saturated carbocycles. The number of anilines is 1. The molecule has 0 aliphatic heterocycles. The molecule has 2 amide bonds. The van der Waals surface area contributed by atoms with Crippen LogP contribution >= 0.6 is 0 Å². The van der Waals surface area contributed by atoms with Crippen molar-refractivity contribution >= 4 is 38.6 Å². The number of benzene rings is 2. The van der Waals surface area contributed by atoms with Crippen LogP contribution in [0, 0.1) is 0 Å². The molecule has 1 heterocycles. The monoisotopic (exact) mass is 471 g/mol. The smallest absolute Gasteiger partial charge is 0.243 e. The van der Waals surface area contributed by atoms with Gasteiger partial charge in [0.05, 0.1) is 22.5 Å². The van der Waals surface area contributed by atoms with Gasteiger partial charge in [0.1, 0.15) is 5.82 Å². The number of amides is 2. The van der Waals surface area contributed by atoms with Gasteiger partial charge in [-0.05, 0) is 36.2 Å². The van der Waals surface area contributed by atoms with Crippen LogP contribution in [-0.2, 0) is 39.5 Å². The van der Waals surface area contributed by atoms with Crippen LogP contribution < -0.4 is 10.6 Å². The maximum atomic E-state index is 12.4. The second-order valence-electron chi connectivity index (χ2n) is 7.86. The number of fused-ring (bicyclic) bond motifs is 1. The summed E-state index contributed by atoms with van der Waals surface area (Å²) in [7, 11) is 1.22. The molecule has 0 atom stereocenters. The molecule has 1 aromatic heterocycles. The summed E-state index contributed by atoms with van der Waals surface area (Å²) in [6.45, 7) is 1.89. The highest BCUT2D eigenvalue weighted by molar-refractivity contribution is 7.89. The number of hydrogen-bond donors (Lipinski definition) is 2. The molecule has 0 aliphatic rings. The summed E-state index contributed by atoms with van der Waals surface area (Å²) in [4.78, 5) is 29.1. The summed E-state index contributed by atoms with van der Waals surface area (Å²) in [5.41, 5.74) is 3.09. The van der Waals surface area contributed by atoms with Crippen LogP contribution in [0.3, 0.4) is 0 Å². The van der Waals surface area contributed by atoms with Crippen molar-refractivity contribution in [1.82, 2.24) is 19.2 Å². The minimum atomic E-state index is -3.56. The fourth-order valence-corrected chi connectivity index (χ4v) is 4.38. The van der Waals surface area contributed by atoms with E-state index >= 15 is 0 Å². The minimum Gasteiger partial charge on any atom is -0.347 e. The molecular weight excluding hydrogens is 442 g/mol. The Balaban J connectivity index is 1.59. The Morgan fingerprint density at radius 3 is 2.52 bits per heavy atom. The van der Waals surface area contributed by atoms with Crippen LogP contribution in [0.15, 0.2) is 47.4 Å². The Morgan fingerprint density at radius 1 is 1.09 bits per heavy atom. The highest BCUT2D eigenvalue weighted by Crippen LogP contribution is 2.22. The number of para-hydroxylation sites is 1. The van der Waals surface area contributed by atoms with Gasteiger partial charge in [-0.2, -0.15) is 0 Å². The molecule has 0 saturated heterocycles. The number of imidazole rings is 1.